The normalized spacial score (nSPS) is 14.6. The smallest absolute Gasteiger partial charge is 0.255 e. The van der Waals surface area contributed by atoms with E-state index < -0.39 is 23.6 Å². The Morgan fingerprint density at radius 3 is 2.24 bits per heavy atom. The van der Waals surface area contributed by atoms with Gasteiger partial charge in [0.25, 0.3) is 11.8 Å². The zero-order valence-electron chi connectivity index (χ0n) is 11.0. The Hall–Kier alpha value is -2.90. The molecule has 0 aliphatic carbocycles. The van der Waals surface area contributed by atoms with Gasteiger partial charge in [-0.05, 0) is 24.3 Å². The molecule has 1 fully saturated rings. The Labute approximate surface area is 119 Å². The lowest BCUT2D eigenvalue weighted by atomic mass is 10.1. The first kappa shape index (κ1) is 14.5. The van der Waals surface area contributed by atoms with E-state index in [1.165, 1.54) is 24.3 Å². The van der Waals surface area contributed by atoms with E-state index in [1.807, 2.05) is 0 Å². The van der Waals surface area contributed by atoms with E-state index >= 15 is 0 Å². The number of nitrogens with two attached hydrogens (primary N) is 1. The number of nitrogens with zero attached hydrogens (tertiary/aromatic N) is 1. The van der Waals surface area contributed by atoms with E-state index in [-0.39, 0.29) is 19.7 Å². The maximum atomic E-state index is 12.1. The summed E-state index contributed by atoms with van der Waals surface area (Å²) in [4.78, 5) is 46.3. The highest BCUT2D eigenvalue weighted by Gasteiger charge is 2.26. The molecule has 1 heterocycles. The summed E-state index contributed by atoms with van der Waals surface area (Å²) in [6.07, 6.45) is 0. The van der Waals surface area contributed by atoms with Crippen LogP contribution in [0.5, 0.6) is 5.75 Å². The molecule has 0 saturated carbocycles. The van der Waals surface area contributed by atoms with Crippen molar-refractivity contribution in [1.29, 1.82) is 0 Å². The molecule has 0 aromatic heterocycles. The largest absolute Gasteiger partial charge is 0.484 e. The van der Waals surface area contributed by atoms with Crippen molar-refractivity contribution in [2.75, 3.05) is 19.7 Å². The number of primary amides is 1. The van der Waals surface area contributed by atoms with Crippen LogP contribution in [-0.2, 0) is 14.4 Å². The topological polar surface area (TPSA) is 119 Å². The Balaban J connectivity index is 2.04. The van der Waals surface area contributed by atoms with Crippen molar-refractivity contribution in [3.63, 3.8) is 0 Å². The predicted molar refractivity (Wildman–Crippen MR) is 70.2 cm³/mol. The van der Waals surface area contributed by atoms with Crippen LogP contribution in [0.3, 0.4) is 0 Å². The zero-order chi connectivity index (χ0) is 15.4. The van der Waals surface area contributed by atoms with E-state index in [1.54, 1.807) is 0 Å². The van der Waals surface area contributed by atoms with Gasteiger partial charge in [0.15, 0.2) is 6.61 Å². The van der Waals surface area contributed by atoms with Crippen molar-refractivity contribution in [3.8, 4) is 5.75 Å². The van der Waals surface area contributed by atoms with Crippen LogP contribution < -0.4 is 15.8 Å². The second-order valence-electron chi connectivity index (χ2n) is 4.41. The van der Waals surface area contributed by atoms with Gasteiger partial charge in [0.2, 0.25) is 11.8 Å². The van der Waals surface area contributed by atoms with Crippen LogP contribution >= 0.6 is 0 Å². The van der Waals surface area contributed by atoms with Crippen molar-refractivity contribution in [2.24, 2.45) is 5.73 Å². The molecular formula is C13H13N3O5. The van der Waals surface area contributed by atoms with Gasteiger partial charge in [0, 0.05) is 5.56 Å². The Morgan fingerprint density at radius 2 is 1.71 bits per heavy atom. The van der Waals surface area contributed by atoms with Gasteiger partial charge < -0.3 is 15.4 Å². The van der Waals surface area contributed by atoms with Crippen molar-refractivity contribution in [3.05, 3.63) is 29.8 Å². The zero-order valence-corrected chi connectivity index (χ0v) is 11.0. The fourth-order valence-electron chi connectivity index (χ4n) is 1.81. The fourth-order valence-corrected chi connectivity index (χ4v) is 1.81. The van der Waals surface area contributed by atoms with Gasteiger partial charge >= 0.3 is 0 Å². The van der Waals surface area contributed by atoms with Crippen LogP contribution in [-0.4, -0.2) is 48.2 Å². The quantitative estimate of drug-likeness (QED) is 0.665. The summed E-state index contributed by atoms with van der Waals surface area (Å²) in [5.41, 5.74) is 5.26. The molecule has 8 nitrogen and oxygen atoms in total. The molecule has 2 rings (SSSR count). The maximum Gasteiger partial charge on any atom is 0.255 e. The minimum Gasteiger partial charge on any atom is -0.484 e. The summed E-state index contributed by atoms with van der Waals surface area (Å²) in [6, 6.07) is 5.97. The van der Waals surface area contributed by atoms with E-state index in [0.29, 0.717) is 11.3 Å². The molecule has 1 aliphatic heterocycles. The Kier molecular flexibility index (Phi) is 4.17. The van der Waals surface area contributed by atoms with Crippen LogP contribution in [0.25, 0.3) is 0 Å². The second-order valence-corrected chi connectivity index (χ2v) is 4.41. The van der Waals surface area contributed by atoms with Gasteiger partial charge in [0.1, 0.15) is 18.8 Å². The molecule has 1 saturated heterocycles. The molecule has 0 bridgehead atoms. The molecule has 0 radical (unpaired) electrons. The fraction of sp³-hybridized carbons (Fsp3) is 0.231. The minimum absolute atomic E-state index is 0.162. The summed E-state index contributed by atoms with van der Waals surface area (Å²) < 4.78 is 5.06. The van der Waals surface area contributed by atoms with Crippen LogP contribution in [0.1, 0.15) is 10.4 Å². The minimum atomic E-state index is -0.604. The van der Waals surface area contributed by atoms with Gasteiger partial charge in [-0.3, -0.25) is 24.5 Å². The number of rotatable bonds is 4. The van der Waals surface area contributed by atoms with Gasteiger partial charge in [-0.2, -0.15) is 0 Å². The molecule has 110 valence electrons. The van der Waals surface area contributed by atoms with Crippen LogP contribution in [0, 0.1) is 0 Å². The summed E-state index contributed by atoms with van der Waals surface area (Å²) >= 11 is 0. The van der Waals surface area contributed by atoms with Crippen molar-refractivity contribution >= 4 is 23.6 Å². The number of ether oxygens (including phenoxy) is 1. The first-order valence-electron chi connectivity index (χ1n) is 6.09. The van der Waals surface area contributed by atoms with E-state index in [2.05, 4.69) is 5.32 Å². The lowest BCUT2D eigenvalue weighted by molar-refractivity contribution is -0.135. The summed E-state index contributed by atoms with van der Waals surface area (Å²) in [6.45, 7) is -0.580. The number of carbonyl (C=O) groups excluding carboxylic acids is 4. The standard InChI is InChI=1S/C13H13N3O5/c14-10(17)7-21-9-3-1-8(2-4-9)13(20)16-5-11(18)15-12(19)6-16/h1-4H,5-7H2,(H2,14,17)(H,15,18,19). The molecular weight excluding hydrogens is 278 g/mol. The number of nitrogens with one attached hydrogen (secondary N) is 1. The van der Waals surface area contributed by atoms with E-state index in [4.69, 9.17) is 10.5 Å². The van der Waals surface area contributed by atoms with Crippen molar-refractivity contribution in [1.82, 2.24) is 10.2 Å². The number of carbonyl (C=O) groups is 4. The molecule has 1 aliphatic rings. The first-order chi connectivity index (χ1) is 9.95. The number of benzene rings is 1. The highest BCUT2D eigenvalue weighted by atomic mass is 16.5. The molecule has 21 heavy (non-hydrogen) atoms. The maximum absolute atomic E-state index is 12.1. The highest BCUT2D eigenvalue weighted by Crippen LogP contribution is 2.14. The predicted octanol–water partition coefficient (Wildman–Crippen LogP) is -1.35. The third kappa shape index (κ3) is 3.78. The lowest BCUT2D eigenvalue weighted by Crippen LogP contribution is -2.53. The van der Waals surface area contributed by atoms with Gasteiger partial charge in [-0.25, -0.2) is 0 Å². The summed E-state index contributed by atoms with van der Waals surface area (Å²) in [5.74, 6) is -1.67. The molecule has 4 amide bonds. The highest BCUT2D eigenvalue weighted by molar-refractivity contribution is 6.05. The van der Waals surface area contributed by atoms with E-state index in [9.17, 15) is 19.2 Å². The molecule has 0 spiro atoms. The van der Waals surface area contributed by atoms with Gasteiger partial charge in [0.05, 0.1) is 0 Å². The number of hydrogen-bond donors (Lipinski definition) is 2. The molecule has 0 atom stereocenters. The number of piperazine rings is 1. The van der Waals surface area contributed by atoms with Crippen molar-refractivity contribution < 1.29 is 23.9 Å². The van der Waals surface area contributed by atoms with E-state index in [0.717, 1.165) is 4.90 Å². The second kappa shape index (κ2) is 6.04. The number of imide groups is 1. The third-order valence-electron chi connectivity index (χ3n) is 2.72. The molecule has 0 unspecified atom stereocenters. The van der Waals surface area contributed by atoms with Crippen molar-refractivity contribution in [2.45, 2.75) is 0 Å². The first-order valence-corrected chi connectivity index (χ1v) is 6.09. The molecule has 3 N–H and O–H groups in total. The van der Waals surface area contributed by atoms with Crippen LogP contribution in [0.2, 0.25) is 0 Å². The van der Waals surface area contributed by atoms with Crippen LogP contribution in [0.4, 0.5) is 0 Å². The SMILES string of the molecule is NC(=O)COc1ccc(C(=O)N2CC(=O)NC(=O)C2)cc1. The molecule has 1 aromatic rings. The Bertz CT molecular complexity index is 580. The van der Waals surface area contributed by atoms with Gasteiger partial charge in [-0.1, -0.05) is 0 Å². The van der Waals surface area contributed by atoms with Crippen LogP contribution in [0.15, 0.2) is 24.3 Å². The number of hydrogen-bond acceptors (Lipinski definition) is 5. The summed E-state index contributed by atoms with van der Waals surface area (Å²) in [7, 11) is 0. The lowest BCUT2D eigenvalue weighted by Gasteiger charge is -2.25. The molecule has 8 heteroatoms. The third-order valence-corrected chi connectivity index (χ3v) is 2.72. The monoisotopic (exact) mass is 291 g/mol. The number of amides is 4. The average molecular weight is 291 g/mol. The Morgan fingerprint density at radius 1 is 1.14 bits per heavy atom. The van der Waals surface area contributed by atoms with Gasteiger partial charge in [-0.15, -0.1) is 0 Å². The molecule has 1 aromatic carbocycles. The average Bonchev–Trinajstić information content (AvgIpc) is 2.44. The summed E-state index contributed by atoms with van der Waals surface area (Å²) in [5, 5.41) is 2.12.